The number of rotatable bonds is 4. The van der Waals surface area contributed by atoms with Gasteiger partial charge in [-0.3, -0.25) is 0 Å². The van der Waals surface area contributed by atoms with Gasteiger partial charge in [-0.25, -0.2) is 4.79 Å². The Balaban J connectivity index is 2.62. The Morgan fingerprint density at radius 1 is 1.35 bits per heavy atom. The van der Waals surface area contributed by atoms with Crippen molar-refractivity contribution in [2.45, 2.75) is 0 Å². The molecule has 0 bridgehead atoms. The second kappa shape index (κ2) is 4.74. The van der Waals surface area contributed by atoms with Crippen molar-refractivity contribution in [3.63, 3.8) is 0 Å². The van der Waals surface area contributed by atoms with Crippen LogP contribution < -0.4 is 15.1 Å². The monoisotopic (exact) mass is 232 g/mol. The first-order valence-electron chi connectivity index (χ1n) is 5.11. The van der Waals surface area contributed by atoms with E-state index in [4.69, 9.17) is 13.9 Å². The predicted octanol–water partition coefficient (Wildman–Crippen LogP) is 2.37. The third kappa shape index (κ3) is 2.15. The Kier molecular flexibility index (Phi) is 3.14. The van der Waals surface area contributed by atoms with Gasteiger partial charge < -0.3 is 13.9 Å². The van der Waals surface area contributed by atoms with Gasteiger partial charge in [-0.2, -0.15) is 0 Å². The number of fused-ring (bicyclic) bond motifs is 1. The lowest BCUT2D eigenvalue weighted by atomic mass is 10.2. The fraction of sp³-hybridized carbons (Fsp3) is 0.154. The highest BCUT2D eigenvalue weighted by Gasteiger charge is 2.11. The number of ether oxygens (including phenoxy) is 2. The maximum absolute atomic E-state index is 11.2. The zero-order valence-corrected chi connectivity index (χ0v) is 9.43. The molecule has 0 radical (unpaired) electrons. The van der Waals surface area contributed by atoms with Gasteiger partial charge in [-0.1, -0.05) is 12.7 Å². The van der Waals surface area contributed by atoms with Crippen LogP contribution in [0.5, 0.6) is 11.5 Å². The van der Waals surface area contributed by atoms with Crippen molar-refractivity contribution < 1.29 is 13.9 Å². The molecule has 17 heavy (non-hydrogen) atoms. The summed E-state index contributed by atoms with van der Waals surface area (Å²) in [6.07, 6.45) is 1.63. The molecule has 1 heterocycles. The van der Waals surface area contributed by atoms with Gasteiger partial charge in [0.05, 0.1) is 7.11 Å². The van der Waals surface area contributed by atoms with E-state index in [0.717, 1.165) is 5.39 Å². The Morgan fingerprint density at radius 3 is 2.82 bits per heavy atom. The molecule has 0 aliphatic rings. The van der Waals surface area contributed by atoms with Crippen molar-refractivity contribution in [3.8, 4) is 11.5 Å². The Morgan fingerprint density at radius 2 is 2.12 bits per heavy atom. The van der Waals surface area contributed by atoms with Gasteiger partial charge in [-0.05, 0) is 18.2 Å². The van der Waals surface area contributed by atoms with Crippen LogP contribution in [-0.2, 0) is 0 Å². The molecule has 0 unspecified atom stereocenters. The van der Waals surface area contributed by atoms with E-state index in [1.165, 1.54) is 13.2 Å². The van der Waals surface area contributed by atoms with E-state index in [9.17, 15) is 4.79 Å². The van der Waals surface area contributed by atoms with Gasteiger partial charge in [-0.15, -0.1) is 0 Å². The minimum Gasteiger partial charge on any atom is -0.490 e. The molecule has 0 saturated heterocycles. The maximum atomic E-state index is 11.2. The average molecular weight is 232 g/mol. The highest BCUT2D eigenvalue weighted by atomic mass is 16.5. The van der Waals surface area contributed by atoms with E-state index in [2.05, 4.69) is 6.58 Å². The molecule has 4 heteroatoms. The summed E-state index contributed by atoms with van der Waals surface area (Å²) >= 11 is 0. The molecule has 0 saturated carbocycles. The van der Waals surface area contributed by atoms with Crippen LogP contribution in [-0.4, -0.2) is 13.7 Å². The third-order valence-corrected chi connectivity index (χ3v) is 2.27. The summed E-state index contributed by atoms with van der Waals surface area (Å²) in [5.74, 6) is 0.941. The molecule has 0 spiro atoms. The standard InChI is InChI=1S/C13H12O4/c1-3-8-16-10-6-4-9-5-7-11(14)17-12(9)13(10)15-2/h3-7H,1,8H2,2H3. The molecular weight excluding hydrogens is 220 g/mol. The zero-order chi connectivity index (χ0) is 12.3. The molecule has 1 aromatic heterocycles. The van der Waals surface area contributed by atoms with E-state index in [1.807, 2.05) is 0 Å². The van der Waals surface area contributed by atoms with Gasteiger partial charge in [0.25, 0.3) is 0 Å². The topological polar surface area (TPSA) is 48.7 Å². The molecule has 2 aromatic rings. The molecule has 0 amide bonds. The first-order valence-corrected chi connectivity index (χ1v) is 5.11. The summed E-state index contributed by atoms with van der Waals surface area (Å²) in [5, 5.41) is 0.785. The minimum absolute atomic E-state index is 0.360. The van der Waals surface area contributed by atoms with Crippen LogP contribution in [0.4, 0.5) is 0 Å². The highest BCUT2D eigenvalue weighted by molar-refractivity contribution is 5.85. The zero-order valence-electron chi connectivity index (χ0n) is 9.43. The fourth-order valence-electron chi connectivity index (χ4n) is 1.54. The summed E-state index contributed by atoms with van der Waals surface area (Å²) in [7, 11) is 1.50. The van der Waals surface area contributed by atoms with Gasteiger partial charge in [0.1, 0.15) is 6.61 Å². The van der Waals surface area contributed by atoms with Crippen molar-refractivity contribution in [2.75, 3.05) is 13.7 Å². The molecule has 0 aliphatic heterocycles. The Labute approximate surface area is 98.1 Å². The van der Waals surface area contributed by atoms with Crippen LogP contribution in [0, 0.1) is 0 Å². The summed E-state index contributed by atoms with van der Waals surface area (Å²) < 4.78 is 15.8. The molecule has 2 rings (SSSR count). The number of hydrogen-bond acceptors (Lipinski definition) is 4. The Hall–Kier alpha value is -2.23. The summed E-state index contributed by atoms with van der Waals surface area (Å²) in [6.45, 7) is 3.93. The maximum Gasteiger partial charge on any atom is 0.336 e. The molecular formula is C13H12O4. The van der Waals surface area contributed by atoms with Gasteiger partial charge in [0, 0.05) is 11.5 Å². The van der Waals surface area contributed by atoms with E-state index < -0.39 is 5.63 Å². The van der Waals surface area contributed by atoms with Gasteiger partial charge in [0.2, 0.25) is 5.75 Å². The summed E-state index contributed by atoms with van der Waals surface area (Å²) in [6, 6.07) is 6.62. The first kappa shape index (κ1) is 11.3. The molecule has 1 aromatic carbocycles. The molecule has 0 N–H and O–H groups in total. The van der Waals surface area contributed by atoms with Crippen molar-refractivity contribution >= 4 is 11.0 Å². The normalized spacial score (nSPS) is 10.2. The lowest BCUT2D eigenvalue weighted by molar-refractivity contribution is 0.325. The lowest BCUT2D eigenvalue weighted by Gasteiger charge is -2.10. The highest BCUT2D eigenvalue weighted by Crippen LogP contribution is 2.34. The van der Waals surface area contributed by atoms with Crippen LogP contribution in [0.1, 0.15) is 0 Å². The smallest absolute Gasteiger partial charge is 0.336 e. The molecule has 88 valence electrons. The van der Waals surface area contributed by atoms with Crippen LogP contribution in [0.3, 0.4) is 0 Å². The molecule has 4 nitrogen and oxygen atoms in total. The van der Waals surface area contributed by atoms with E-state index in [1.54, 1.807) is 24.3 Å². The van der Waals surface area contributed by atoms with Crippen LogP contribution in [0.2, 0.25) is 0 Å². The second-order valence-electron chi connectivity index (χ2n) is 3.37. The molecule has 0 atom stereocenters. The van der Waals surface area contributed by atoms with Crippen LogP contribution in [0.25, 0.3) is 11.0 Å². The minimum atomic E-state index is -0.420. The van der Waals surface area contributed by atoms with Crippen LogP contribution >= 0.6 is 0 Å². The van der Waals surface area contributed by atoms with Crippen LogP contribution in [0.15, 0.2) is 46.1 Å². The first-order chi connectivity index (χ1) is 8.26. The van der Waals surface area contributed by atoms with E-state index >= 15 is 0 Å². The third-order valence-electron chi connectivity index (χ3n) is 2.27. The number of hydrogen-bond donors (Lipinski definition) is 0. The van der Waals surface area contributed by atoms with Crippen molar-refractivity contribution in [1.82, 2.24) is 0 Å². The van der Waals surface area contributed by atoms with Crippen molar-refractivity contribution in [3.05, 3.63) is 47.3 Å². The second-order valence-corrected chi connectivity index (χ2v) is 3.37. The number of benzene rings is 1. The quantitative estimate of drug-likeness (QED) is 0.599. The fourth-order valence-corrected chi connectivity index (χ4v) is 1.54. The lowest BCUT2D eigenvalue weighted by Crippen LogP contribution is -1.99. The molecule has 0 fully saturated rings. The van der Waals surface area contributed by atoms with Gasteiger partial charge in [0.15, 0.2) is 11.3 Å². The van der Waals surface area contributed by atoms with E-state index in [-0.39, 0.29) is 0 Å². The van der Waals surface area contributed by atoms with Crippen molar-refractivity contribution in [1.29, 1.82) is 0 Å². The van der Waals surface area contributed by atoms with E-state index in [0.29, 0.717) is 23.7 Å². The SMILES string of the molecule is C=CCOc1ccc2ccc(=O)oc2c1OC. The average Bonchev–Trinajstić information content (AvgIpc) is 2.35. The Bertz CT molecular complexity index is 598. The number of methoxy groups -OCH3 is 1. The largest absolute Gasteiger partial charge is 0.490 e. The molecule has 0 aliphatic carbocycles. The summed E-state index contributed by atoms with van der Waals surface area (Å²) in [5.41, 5.74) is -0.0294. The summed E-state index contributed by atoms with van der Waals surface area (Å²) in [4.78, 5) is 11.2. The van der Waals surface area contributed by atoms with Gasteiger partial charge >= 0.3 is 5.63 Å². The predicted molar refractivity (Wildman–Crippen MR) is 64.7 cm³/mol. The van der Waals surface area contributed by atoms with Crippen molar-refractivity contribution in [2.24, 2.45) is 0 Å².